The highest BCUT2D eigenvalue weighted by molar-refractivity contribution is 9.10. The molecule has 1 aliphatic heterocycles. The molecule has 1 aliphatic rings. The Morgan fingerprint density at radius 1 is 1.10 bits per heavy atom. The van der Waals surface area contributed by atoms with Crippen molar-refractivity contribution >= 4 is 45.0 Å². The van der Waals surface area contributed by atoms with Crippen molar-refractivity contribution in [1.82, 2.24) is 4.90 Å². The van der Waals surface area contributed by atoms with Crippen LogP contribution in [-0.4, -0.2) is 29.9 Å². The molecule has 4 nitrogen and oxygen atoms in total. The molecule has 0 unspecified atom stereocenters. The van der Waals surface area contributed by atoms with Gasteiger partial charge in [-0.2, -0.15) is 0 Å². The number of esters is 1. The fourth-order valence-corrected chi connectivity index (χ4v) is 4.25. The van der Waals surface area contributed by atoms with Crippen molar-refractivity contribution in [2.24, 2.45) is 4.99 Å². The van der Waals surface area contributed by atoms with E-state index in [1.165, 1.54) is 0 Å². The maximum atomic E-state index is 12.6. The molecule has 0 N–H and O–H groups in total. The van der Waals surface area contributed by atoms with E-state index in [0.717, 1.165) is 26.9 Å². The second-order valence-electron chi connectivity index (χ2n) is 6.90. The minimum absolute atomic E-state index is 0.0741. The monoisotopic (exact) mass is 482 g/mol. The highest BCUT2D eigenvalue weighted by Gasteiger charge is 2.33. The molecule has 1 atom stereocenters. The van der Waals surface area contributed by atoms with E-state index in [1.807, 2.05) is 59.5 Å². The summed E-state index contributed by atoms with van der Waals surface area (Å²) in [6.07, 6.45) is 0. The normalized spacial score (nSPS) is 15.4. The molecule has 0 aromatic heterocycles. The van der Waals surface area contributed by atoms with Gasteiger partial charge in [0, 0.05) is 20.6 Å². The third-order valence-corrected chi connectivity index (χ3v) is 5.63. The van der Waals surface area contributed by atoms with E-state index in [-0.39, 0.29) is 18.6 Å². The Morgan fingerprint density at radius 2 is 1.90 bits per heavy atom. The highest BCUT2D eigenvalue weighted by Crippen LogP contribution is 2.41. The van der Waals surface area contributed by atoms with Gasteiger partial charge < -0.3 is 9.64 Å². The van der Waals surface area contributed by atoms with Gasteiger partial charge in [0.2, 0.25) is 0 Å². The van der Waals surface area contributed by atoms with Gasteiger partial charge in [0.25, 0.3) is 0 Å². The smallest absolute Gasteiger partial charge is 0.325 e. The first kappa shape index (κ1) is 20.6. The SMILES string of the molecule is CCOC(=O)CN1C(c2cccc(Cl)c2)=Nc2ccc(Br)cc2[C@H]1c1ccccc1. The summed E-state index contributed by atoms with van der Waals surface area (Å²) in [6, 6.07) is 23.5. The van der Waals surface area contributed by atoms with Crippen LogP contribution in [0.15, 0.2) is 82.3 Å². The molecule has 0 radical (unpaired) electrons. The Balaban J connectivity index is 1.92. The summed E-state index contributed by atoms with van der Waals surface area (Å²) in [4.78, 5) is 19.5. The second-order valence-corrected chi connectivity index (χ2v) is 8.25. The van der Waals surface area contributed by atoms with Gasteiger partial charge >= 0.3 is 5.97 Å². The third-order valence-electron chi connectivity index (χ3n) is 4.90. The molecule has 3 aromatic carbocycles. The van der Waals surface area contributed by atoms with Gasteiger partial charge in [-0.25, -0.2) is 4.99 Å². The average molecular weight is 484 g/mol. The van der Waals surface area contributed by atoms with Crippen LogP contribution in [0.3, 0.4) is 0 Å². The van der Waals surface area contributed by atoms with E-state index in [9.17, 15) is 4.79 Å². The number of benzene rings is 3. The Hall–Kier alpha value is -2.63. The van der Waals surface area contributed by atoms with E-state index in [1.54, 1.807) is 6.92 Å². The second kappa shape index (κ2) is 9.02. The van der Waals surface area contributed by atoms with Crippen LogP contribution in [0.25, 0.3) is 0 Å². The molecule has 30 heavy (non-hydrogen) atoms. The maximum Gasteiger partial charge on any atom is 0.325 e. The predicted octanol–water partition coefficient (Wildman–Crippen LogP) is 6.15. The number of rotatable bonds is 5. The summed E-state index contributed by atoms with van der Waals surface area (Å²) in [5.41, 5.74) is 3.80. The number of nitrogens with zero attached hydrogens (tertiary/aromatic N) is 2. The van der Waals surface area contributed by atoms with Gasteiger partial charge in [0.15, 0.2) is 0 Å². The van der Waals surface area contributed by atoms with Crippen LogP contribution < -0.4 is 0 Å². The van der Waals surface area contributed by atoms with Gasteiger partial charge in [-0.15, -0.1) is 0 Å². The van der Waals surface area contributed by atoms with Gasteiger partial charge in [0.05, 0.1) is 18.3 Å². The lowest BCUT2D eigenvalue weighted by Gasteiger charge is -2.38. The zero-order valence-corrected chi connectivity index (χ0v) is 18.7. The number of hydrogen-bond donors (Lipinski definition) is 0. The summed E-state index contributed by atoms with van der Waals surface area (Å²) in [5.74, 6) is 0.390. The van der Waals surface area contributed by atoms with Gasteiger partial charge in [-0.1, -0.05) is 70.0 Å². The topological polar surface area (TPSA) is 41.9 Å². The minimum atomic E-state index is -0.299. The first-order chi connectivity index (χ1) is 14.6. The average Bonchev–Trinajstić information content (AvgIpc) is 2.74. The minimum Gasteiger partial charge on any atom is -0.465 e. The summed E-state index contributed by atoms with van der Waals surface area (Å²) in [5, 5.41) is 0.615. The van der Waals surface area contributed by atoms with Crippen molar-refractivity contribution in [2.75, 3.05) is 13.2 Å². The maximum absolute atomic E-state index is 12.6. The zero-order valence-electron chi connectivity index (χ0n) is 16.4. The molecule has 152 valence electrons. The van der Waals surface area contributed by atoms with Crippen LogP contribution in [0, 0.1) is 0 Å². The molecular weight excluding hydrogens is 464 g/mol. The van der Waals surface area contributed by atoms with Crippen molar-refractivity contribution < 1.29 is 9.53 Å². The van der Waals surface area contributed by atoms with Crippen molar-refractivity contribution in [2.45, 2.75) is 13.0 Å². The van der Waals surface area contributed by atoms with E-state index in [0.29, 0.717) is 17.5 Å². The van der Waals surface area contributed by atoms with Crippen molar-refractivity contribution in [3.8, 4) is 0 Å². The van der Waals surface area contributed by atoms with Crippen LogP contribution >= 0.6 is 27.5 Å². The summed E-state index contributed by atoms with van der Waals surface area (Å²) < 4.78 is 6.24. The lowest BCUT2D eigenvalue weighted by atomic mass is 9.93. The van der Waals surface area contributed by atoms with Crippen LogP contribution in [-0.2, 0) is 9.53 Å². The Bertz CT molecular complexity index is 1100. The van der Waals surface area contributed by atoms with E-state index in [2.05, 4.69) is 34.1 Å². The van der Waals surface area contributed by atoms with E-state index in [4.69, 9.17) is 21.3 Å². The molecule has 0 saturated carbocycles. The molecule has 3 aromatic rings. The van der Waals surface area contributed by atoms with E-state index < -0.39 is 0 Å². The number of carbonyl (C=O) groups is 1. The van der Waals surface area contributed by atoms with Gasteiger partial charge in [-0.3, -0.25) is 4.79 Å². The van der Waals surface area contributed by atoms with Crippen molar-refractivity contribution in [3.05, 3.63) is 99.0 Å². The molecule has 1 heterocycles. The summed E-state index contributed by atoms with van der Waals surface area (Å²) in [7, 11) is 0. The predicted molar refractivity (Wildman–Crippen MR) is 123 cm³/mol. The largest absolute Gasteiger partial charge is 0.465 e. The van der Waals surface area contributed by atoms with Crippen LogP contribution in [0.2, 0.25) is 5.02 Å². The Kier molecular flexibility index (Phi) is 6.21. The number of carbonyl (C=O) groups excluding carboxylic acids is 1. The first-order valence-electron chi connectivity index (χ1n) is 9.68. The fraction of sp³-hybridized carbons (Fsp3) is 0.167. The lowest BCUT2D eigenvalue weighted by Crippen LogP contribution is -2.42. The number of halogens is 2. The fourth-order valence-electron chi connectivity index (χ4n) is 3.68. The number of fused-ring (bicyclic) bond motifs is 1. The Morgan fingerprint density at radius 3 is 2.63 bits per heavy atom. The Labute approximate surface area is 189 Å². The lowest BCUT2D eigenvalue weighted by molar-refractivity contribution is -0.143. The summed E-state index contributed by atoms with van der Waals surface area (Å²) in [6.45, 7) is 2.21. The van der Waals surface area contributed by atoms with Crippen LogP contribution in [0.4, 0.5) is 5.69 Å². The molecule has 4 rings (SSSR count). The molecule has 6 heteroatoms. The standard InChI is InChI=1S/C24H20BrClN2O2/c1-2-30-22(29)15-28-23(16-7-4-3-5-8-16)20-14-18(25)11-12-21(20)27-24(28)17-9-6-10-19(26)13-17/h3-14,23H,2,15H2,1H3/t23-/m1/s1. The first-order valence-corrected chi connectivity index (χ1v) is 10.8. The van der Waals surface area contributed by atoms with Gasteiger partial charge in [-0.05, 0) is 42.8 Å². The molecule has 0 saturated heterocycles. The molecule has 0 amide bonds. The van der Waals surface area contributed by atoms with Crippen LogP contribution in [0.1, 0.15) is 29.7 Å². The quantitative estimate of drug-likeness (QED) is 0.409. The molecule has 0 spiro atoms. The molecule has 0 bridgehead atoms. The summed E-state index contributed by atoms with van der Waals surface area (Å²) >= 11 is 9.85. The number of aliphatic imine (C=N–C) groups is 1. The van der Waals surface area contributed by atoms with Gasteiger partial charge in [0.1, 0.15) is 12.4 Å². The van der Waals surface area contributed by atoms with Crippen molar-refractivity contribution in [3.63, 3.8) is 0 Å². The number of amidine groups is 1. The number of ether oxygens (including phenoxy) is 1. The van der Waals surface area contributed by atoms with Crippen molar-refractivity contribution in [1.29, 1.82) is 0 Å². The third kappa shape index (κ3) is 4.27. The molecular formula is C24H20BrClN2O2. The molecule has 0 fully saturated rings. The van der Waals surface area contributed by atoms with E-state index >= 15 is 0 Å². The zero-order chi connectivity index (χ0) is 21.1. The number of hydrogen-bond acceptors (Lipinski definition) is 4. The van der Waals surface area contributed by atoms with Crippen LogP contribution in [0.5, 0.6) is 0 Å². The highest BCUT2D eigenvalue weighted by atomic mass is 79.9. The molecule has 0 aliphatic carbocycles.